The highest BCUT2D eigenvalue weighted by molar-refractivity contribution is 5.92. The molecule has 0 aliphatic carbocycles. The van der Waals surface area contributed by atoms with E-state index < -0.39 is 0 Å². The van der Waals surface area contributed by atoms with Gasteiger partial charge >= 0.3 is 0 Å². The average molecular weight is 393 g/mol. The van der Waals surface area contributed by atoms with Crippen molar-refractivity contribution in [2.24, 2.45) is 5.92 Å². The van der Waals surface area contributed by atoms with Gasteiger partial charge in [-0.15, -0.1) is 0 Å². The summed E-state index contributed by atoms with van der Waals surface area (Å²) in [6.07, 6.45) is 3.40. The predicted octanol–water partition coefficient (Wildman–Crippen LogP) is 4.75. The largest absolute Gasteiger partial charge is 0.439 e. The van der Waals surface area contributed by atoms with E-state index in [1.807, 2.05) is 63.5 Å². The highest BCUT2D eigenvalue weighted by Crippen LogP contribution is 2.24. The second kappa shape index (κ2) is 8.86. The third-order valence-electron chi connectivity index (χ3n) is 5.00. The molecular formula is C22H27N5O2. The highest BCUT2D eigenvalue weighted by atomic mass is 16.5. The summed E-state index contributed by atoms with van der Waals surface area (Å²) in [6, 6.07) is 9.06. The number of ether oxygens (including phenoxy) is 1. The van der Waals surface area contributed by atoms with Gasteiger partial charge in [0.2, 0.25) is 11.8 Å². The molecule has 0 aliphatic rings. The lowest BCUT2D eigenvalue weighted by atomic mass is 10.0. The third kappa shape index (κ3) is 4.80. The zero-order valence-corrected chi connectivity index (χ0v) is 17.6. The molecule has 7 heteroatoms. The molecule has 1 N–H and O–H groups in total. The van der Waals surface area contributed by atoms with Gasteiger partial charge in [0.1, 0.15) is 23.7 Å². The lowest BCUT2D eigenvalue weighted by Gasteiger charge is -2.13. The number of anilines is 1. The van der Waals surface area contributed by atoms with E-state index in [0.717, 1.165) is 29.9 Å². The van der Waals surface area contributed by atoms with E-state index >= 15 is 0 Å². The number of amides is 1. The quantitative estimate of drug-likeness (QED) is 0.626. The Balaban J connectivity index is 1.75. The molecule has 0 fully saturated rings. The number of nitrogens with zero attached hydrogens (tertiary/aromatic N) is 4. The third-order valence-corrected chi connectivity index (χ3v) is 5.00. The maximum Gasteiger partial charge on any atom is 0.227 e. The molecule has 1 aromatic carbocycles. The van der Waals surface area contributed by atoms with Gasteiger partial charge in [0.25, 0.3) is 0 Å². The number of benzene rings is 1. The van der Waals surface area contributed by atoms with Gasteiger partial charge in [-0.3, -0.25) is 9.36 Å². The monoisotopic (exact) mass is 393 g/mol. The normalized spacial score (nSPS) is 11.0. The lowest BCUT2D eigenvalue weighted by molar-refractivity contribution is -0.120. The number of rotatable bonds is 7. The van der Waals surface area contributed by atoms with Gasteiger partial charge in [0.15, 0.2) is 0 Å². The smallest absolute Gasteiger partial charge is 0.227 e. The number of hydrogen-bond acceptors (Lipinski definition) is 5. The van der Waals surface area contributed by atoms with Gasteiger partial charge < -0.3 is 10.1 Å². The maximum absolute atomic E-state index is 12.2. The summed E-state index contributed by atoms with van der Waals surface area (Å²) >= 11 is 0. The van der Waals surface area contributed by atoms with Crippen molar-refractivity contribution < 1.29 is 9.53 Å². The first-order chi connectivity index (χ1) is 13.9. The van der Waals surface area contributed by atoms with Crippen molar-refractivity contribution in [1.82, 2.24) is 19.5 Å². The predicted molar refractivity (Wildman–Crippen MR) is 113 cm³/mol. The fourth-order valence-corrected chi connectivity index (χ4v) is 3.06. The van der Waals surface area contributed by atoms with Gasteiger partial charge in [-0.25, -0.2) is 9.97 Å². The zero-order chi connectivity index (χ0) is 21.0. The Hall–Kier alpha value is -3.22. The Bertz CT molecular complexity index is 991. The number of aryl methyl sites for hydroxylation is 2. The van der Waals surface area contributed by atoms with Crippen LogP contribution in [0.2, 0.25) is 0 Å². The molecular weight excluding hydrogens is 366 g/mol. The molecule has 3 rings (SSSR count). The number of carbonyl (C=O) groups is 1. The molecule has 0 saturated carbocycles. The molecule has 152 valence electrons. The van der Waals surface area contributed by atoms with Crippen molar-refractivity contribution in [2.75, 3.05) is 5.32 Å². The van der Waals surface area contributed by atoms with Gasteiger partial charge in [-0.05, 0) is 57.9 Å². The van der Waals surface area contributed by atoms with E-state index in [-0.39, 0.29) is 11.8 Å². The SMILES string of the molecule is CCC(CC)C(=O)Nc1ccc(Oc2cc(-n3cnc(C)c3C)nc(C)n2)cc1. The van der Waals surface area contributed by atoms with Crippen molar-refractivity contribution in [2.45, 2.75) is 47.5 Å². The van der Waals surface area contributed by atoms with Crippen LogP contribution in [0.4, 0.5) is 5.69 Å². The Morgan fingerprint density at radius 2 is 1.79 bits per heavy atom. The van der Waals surface area contributed by atoms with Crippen molar-refractivity contribution in [3.8, 4) is 17.4 Å². The van der Waals surface area contributed by atoms with Crippen LogP contribution in [-0.2, 0) is 4.79 Å². The van der Waals surface area contributed by atoms with Crippen molar-refractivity contribution >= 4 is 11.6 Å². The lowest BCUT2D eigenvalue weighted by Crippen LogP contribution is -2.21. The molecule has 0 atom stereocenters. The van der Waals surface area contributed by atoms with Gasteiger partial charge in [0.05, 0.1) is 5.69 Å². The molecule has 0 spiro atoms. The Morgan fingerprint density at radius 3 is 2.38 bits per heavy atom. The summed E-state index contributed by atoms with van der Waals surface area (Å²) in [5.74, 6) is 2.48. The molecule has 2 aromatic heterocycles. The standard InChI is InChI=1S/C22H27N5O2/c1-6-17(7-2)22(28)26-18-8-10-19(11-9-18)29-21-12-20(24-16(5)25-21)27-13-23-14(3)15(27)4/h8-13,17H,6-7H2,1-5H3,(H,26,28). The van der Waals surface area contributed by atoms with E-state index in [4.69, 9.17) is 4.74 Å². The summed E-state index contributed by atoms with van der Waals surface area (Å²) in [6.45, 7) is 9.83. The molecule has 7 nitrogen and oxygen atoms in total. The molecule has 3 aromatic rings. The highest BCUT2D eigenvalue weighted by Gasteiger charge is 2.14. The van der Waals surface area contributed by atoms with Crippen LogP contribution in [0.1, 0.15) is 43.9 Å². The number of carbonyl (C=O) groups excluding carboxylic acids is 1. The fourth-order valence-electron chi connectivity index (χ4n) is 3.06. The molecule has 0 aliphatic heterocycles. The molecule has 0 radical (unpaired) electrons. The second-order valence-electron chi connectivity index (χ2n) is 7.03. The van der Waals surface area contributed by atoms with Gasteiger partial charge in [-0.1, -0.05) is 13.8 Å². The molecule has 29 heavy (non-hydrogen) atoms. The first-order valence-electron chi connectivity index (χ1n) is 9.86. The minimum atomic E-state index is 0.0311. The van der Waals surface area contributed by atoms with E-state index in [1.165, 1.54) is 0 Å². The van der Waals surface area contributed by atoms with Crippen LogP contribution in [0.5, 0.6) is 11.6 Å². The van der Waals surface area contributed by atoms with Crippen molar-refractivity contribution in [3.05, 3.63) is 53.9 Å². The van der Waals surface area contributed by atoms with E-state index in [9.17, 15) is 4.79 Å². The zero-order valence-electron chi connectivity index (χ0n) is 17.6. The Labute approximate surface area is 171 Å². The number of aromatic nitrogens is 4. The molecule has 0 unspecified atom stereocenters. The van der Waals surface area contributed by atoms with Crippen LogP contribution < -0.4 is 10.1 Å². The Kier molecular flexibility index (Phi) is 6.26. The van der Waals surface area contributed by atoms with E-state index in [2.05, 4.69) is 20.3 Å². The minimum Gasteiger partial charge on any atom is -0.439 e. The topological polar surface area (TPSA) is 81.9 Å². The van der Waals surface area contributed by atoms with E-state index in [1.54, 1.807) is 12.4 Å². The second-order valence-corrected chi connectivity index (χ2v) is 7.03. The summed E-state index contributed by atoms with van der Waals surface area (Å²) in [5, 5.41) is 2.95. The summed E-state index contributed by atoms with van der Waals surface area (Å²) in [5.41, 5.74) is 2.72. The summed E-state index contributed by atoms with van der Waals surface area (Å²) < 4.78 is 7.83. The van der Waals surface area contributed by atoms with E-state index in [0.29, 0.717) is 23.3 Å². The van der Waals surface area contributed by atoms with Gasteiger partial charge in [-0.2, -0.15) is 4.98 Å². The number of imidazole rings is 1. The maximum atomic E-state index is 12.2. The average Bonchev–Trinajstić information content (AvgIpc) is 3.03. The number of nitrogens with one attached hydrogen (secondary N) is 1. The molecule has 1 amide bonds. The minimum absolute atomic E-state index is 0.0311. The first-order valence-corrected chi connectivity index (χ1v) is 9.86. The Morgan fingerprint density at radius 1 is 1.10 bits per heavy atom. The van der Waals surface area contributed by atoms with Crippen LogP contribution in [0.3, 0.4) is 0 Å². The van der Waals surface area contributed by atoms with Crippen LogP contribution in [-0.4, -0.2) is 25.4 Å². The number of hydrogen-bond donors (Lipinski definition) is 1. The fraction of sp³-hybridized carbons (Fsp3) is 0.364. The van der Waals surface area contributed by atoms with Crippen molar-refractivity contribution in [3.63, 3.8) is 0 Å². The van der Waals surface area contributed by atoms with Gasteiger partial charge in [0, 0.05) is 23.4 Å². The van der Waals surface area contributed by atoms with Crippen LogP contribution in [0.25, 0.3) is 5.82 Å². The van der Waals surface area contributed by atoms with Crippen LogP contribution >= 0.6 is 0 Å². The van der Waals surface area contributed by atoms with Crippen LogP contribution in [0, 0.1) is 26.7 Å². The molecule has 2 heterocycles. The summed E-state index contributed by atoms with van der Waals surface area (Å²) in [7, 11) is 0. The first kappa shape index (κ1) is 20.5. The molecule has 0 saturated heterocycles. The van der Waals surface area contributed by atoms with Crippen molar-refractivity contribution in [1.29, 1.82) is 0 Å². The summed E-state index contributed by atoms with van der Waals surface area (Å²) in [4.78, 5) is 25.4. The molecule has 0 bridgehead atoms. The van der Waals surface area contributed by atoms with Crippen LogP contribution in [0.15, 0.2) is 36.7 Å².